The fourth-order valence-electron chi connectivity index (χ4n) is 2.25. The first-order valence-corrected chi connectivity index (χ1v) is 8.02. The lowest BCUT2D eigenvalue weighted by Crippen LogP contribution is -2.30. The highest BCUT2D eigenvalue weighted by Gasteiger charge is 2.16. The summed E-state index contributed by atoms with van der Waals surface area (Å²) in [5.41, 5.74) is 1.19. The van der Waals surface area contributed by atoms with Crippen molar-refractivity contribution >= 4 is 23.2 Å². The van der Waals surface area contributed by atoms with Crippen molar-refractivity contribution in [2.45, 2.75) is 13.0 Å². The van der Waals surface area contributed by atoms with Crippen LogP contribution in [0, 0.1) is 11.6 Å². The summed E-state index contributed by atoms with van der Waals surface area (Å²) in [6.07, 6.45) is 4.06. The molecule has 0 bridgehead atoms. The smallest absolute Gasteiger partial charge is 0.265 e. The maximum atomic E-state index is 13.2. The maximum Gasteiger partial charge on any atom is 0.265 e. The van der Waals surface area contributed by atoms with Crippen molar-refractivity contribution in [2.24, 2.45) is 0 Å². The number of imidazole rings is 1. The van der Waals surface area contributed by atoms with E-state index < -0.39 is 23.6 Å². The Balaban J connectivity index is 1.67. The van der Waals surface area contributed by atoms with Crippen LogP contribution in [0.25, 0.3) is 5.69 Å². The Bertz CT molecular complexity index is 932. The molecule has 1 atom stereocenters. The first kappa shape index (κ1) is 17.9. The van der Waals surface area contributed by atoms with Crippen molar-refractivity contribution < 1.29 is 18.3 Å². The molecule has 0 radical (unpaired) electrons. The Morgan fingerprint density at radius 2 is 2.04 bits per heavy atom. The molecule has 0 saturated carbocycles. The van der Waals surface area contributed by atoms with Crippen molar-refractivity contribution in [3.63, 3.8) is 0 Å². The highest BCUT2D eigenvalue weighted by Crippen LogP contribution is 2.24. The molecule has 1 unspecified atom stereocenters. The normalized spacial score (nSPS) is 11.8. The number of benzene rings is 2. The molecule has 1 N–H and O–H groups in total. The third kappa shape index (κ3) is 4.00. The number of halogens is 3. The van der Waals surface area contributed by atoms with Gasteiger partial charge in [-0.3, -0.25) is 4.79 Å². The molecule has 1 aromatic heterocycles. The molecule has 0 saturated heterocycles. The monoisotopic (exact) mass is 377 g/mol. The van der Waals surface area contributed by atoms with Crippen molar-refractivity contribution in [3.8, 4) is 11.4 Å². The molecule has 3 aromatic rings. The van der Waals surface area contributed by atoms with E-state index in [1.807, 2.05) is 0 Å². The molecule has 0 aliphatic carbocycles. The molecule has 134 valence electrons. The molecular formula is C18H14ClF2N3O2. The van der Waals surface area contributed by atoms with Gasteiger partial charge in [0.1, 0.15) is 5.75 Å². The summed E-state index contributed by atoms with van der Waals surface area (Å²) < 4.78 is 33.2. The Morgan fingerprint density at radius 3 is 2.69 bits per heavy atom. The SMILES string of the molecule is CC(Oc1ccc(F)c(F)c1)C(=O)Nc1ccc(-n2ccnc2)c(Cl)c1. The van der Waals surface area contributed by atoms with Crippen LogP contribution >= 0.6 is 11.6 Å². The van der Waals surface area contributed by atoms with E-state index in [4.69, 9.17) is 16.3 Å². The molecule has 8 heteroatoms. The molecule has 3 rings (SSSR count). The molecule has 0 fully saturated rings. The van der Waals surface area contributed by atoms with Crippen LogP contribution in [0.1, 0.15) is 6.92 Å². The number of hydrogen-bond acceptors (Lipinski definition) is 3. The Kier molecular flexibility index (Phi) is 5.18. The van der Waals surface area contributed by atoms with Gasteiger partial charge < -0.3 is 14.6 Å². The minimum absolute atomic E-state index is 0.0556. The highest BCUT2D eigenvalue weighted by molar-refractivity contribution is 6.32. The van der Waals surface area contributed by atoms with Gasteiger partial charge >= 0.3 is 0 Å². The summed E-state index contributed by atoms with van der Waals surface area (Å²) in [6.45, 7) is 1.50. The number of nitrogens with zero attached hydrogens (tertiary/aromatic N) is 2. The van der Waals surface area contributed by atoms with Crippen molar-refractivity contribution in [1.29, 1.82) is 0 Å². The third-order valence-electron chi connectivity index (χ3n) is 3.57. The molecule has 0 aliphatic rings. The molecular weight excluding hydrogens is 364 g/mol. The van der Waals surface area contributed by atoms with Crippen molar-refractivity contribution in [3.05, 3.63) is 71.8 Å². The lowest BCUT2D eigenvalue weighted by atomic mass is 10.2. The number of carbonyl (C=O) groups excluding carboxylic acids is 1. The first-order valence-electron chi connectivity index (χ1n) is 7.64. The van der Waals surface area contributed by atoms with Crippen LogP contribution in [0.3, 0.4) is 0 Å². The van der Waals surface area contributed by atoms with E-state index in [-0.39, 0.29) is 5.75 Å². The second-order valence-corrected chi connectivity index (χ2v) is 5.87. The minimum atomic E-state index is -1.04. The summed E-state index contributed by atoms with van der Waals surface area (Å²) in [5, 5.41) is 3.09. The Labute approximate surface area is 153 Å². The summed E-state index contributed by atoms with van der Waals surface area (Å²) in [6, 6.07) is 8.09. The Morgan fingerprint density at radius 1 is 1.23 bits per heavy atom. The van der Waals surface area contributed by atoms with Crippen LogP contribution in [-0.2, 0) is 4.79 Å². The number of hydrogen-bond donors (Lipinski definition) is 1. The number of amides is 1. The van der Waals surface area contributed by atoms with Crippen LogP contribution in [0.2, 0.25) is 5.02 Å². The standard InChI is InChI=1S/C18H14ClF2N3O2/c1-11(26-13-3-4-15(20)16(21)9-13)18(25)23-12-2-5-17(14(19)8-12)24-7-6-22-10-24/h2-11H,1H3,(H,23,25). The van der Waals surface area contributed by atoms with E-state index in [0.717, 1.165) is 12.1 Å². The average molecular weight is 378 g/mol. The lowest BCUT2D eigenvalue weighted by Gasteiger charge is -2.15. The van der Waals surface area contributed by atoms with Crippen LogP contribution < -0.4 is 10.1 Å². The fourth-order valence-corrected chi connectivity index (χ4v) is 2.53. The van der Waals surface area contributed by atoms with Gasteiger partial charge in [0, 0.05) is 24.1 Å². The highest BCUT2D eigenvalue weighted by atomic mass is 35.5. The van der Waals surface area contributed by atoms with Gasteiger partial charge in [-0.2, -0.15) is 0 Å². The van der Waals surface area contributed by atoms with Crippen LogP contribution in [0.4, 0.5) is 14.5 Å². The number of aromatic nitrogens is 2. The Hall–Kier alpha value is -2.93. The van der Waals surface area contributed by atoms with Gasteiger partial charge in [-0.05, 0) is 37.3 Å². The van der Waals surface area contributed by atoms with E-state index in [9.17, 15) is 13.6 Å². The number of nitrogens with one attached hydrogen (secondary N) is 1. The quantitative estimate of drug-likeness (QED) is 0.724. The predicted octanol–water partition coefficient (Wildman–Crippen LogP) is 4.21. The van der Waals surface area contributed by atoms with E-state index in [2.05, 4.69) is 10.3 Å². The van der Waals surface area contributed by atoms with Gasteiger partial charge in [0.25, 0.3) is 5.91 Å². The molecule has 1 amide bonds. The summed E-state index contributed by atoms with van der Waals surface area (Å²) in [4.78, 5) is 16.2. The predicted molar refractivity (Wildman–Crippen MR) is 93.7 cm³/mol. The first-order chi connectivity index (χ1) is 12.4. The zero-order valence-electron chi connectivity index (χ0n) is 13.6. The van der Waals surface area contributed by atoms with Gasteiger partial charge in [0.05, 0.1) is 17.0 Å². The van der Waals surface area contributed by atoms with Crippen LogP contribution in [0.15, 0.2) is 55.1 Å². The number of rotatable bonds is 5. The van der Waals surface area contributed by atoms with E-state index >= 15 is 0 Å². The topological polar surface area (TPSA) is 56.1 Å². The molecule has 5 nitrogen and oxygen atoms in total. The number of anilines is 1. The minimum Gasteiger partial charge on any atom is -0.481 e. The van der Waals surface area contributed by atoms with E-state index in [1.54, 1.807) is 41.5 Å². The summed E-state index contributed by atoms with van der Waals surface area (Å²) in [5.74, 6) is -2.43. The summed E-state index contributed by atoms with van der Waals surface area (Å²) >= 11 is 6.24. The molecule has 2 aromatic carbocycles. The van der Waals surface area contributed by atoms with Crippen LogP contribution in [-0.4, -0.2) is 21.6 Å². The van der Waals surface area contributed by atoms with Crippen molar-refractivity contribution in [1.82, 2.24) is 9.55 Å². The van der Waals surface area contributed by atoms with Gasteiger partial charge in [-0.1, -0.05) is 11.6 Å². The molecule has 1 heterocycles. The second-order valence-electron chi connectivity index (χ2n) is 5.46. The number of carbonyl (C=O) groups is 1. The number of ether oxygens (including phenoxy) is 1. The van der Waals surface area contributed by atoms with Gasteiger partial charge in [0.2, 0.25) is 0 Å². The average Bonchev–Trinajstić information content (AvgIpc) is 3.12. The van der Waals surface area contributed by atoms with E-state index in [0.29, 0.717) is 16.4 Å². The maximum absolute atomic E-state index is 13.2. The van der Waals surface area contributed by atoms with Crippen molar-refractivity contribution in [2.75, 3.05) is 5.32 Å². The third-order valence-corrected chi connectivity index (χ3v) is 3.87. The van der Waals surface area contributed by atoms with Gasteiger partial charge in [-0.25, -0.2) is 13.8 Å². The fraction of sp³-hybridized carbons (Fsp3) is 0.111. The molecule has 26 heavy (non-hydrogen) atoms. The lowest BCUT2D eigenvalue weighted by molar-refractivity contribution is -0.122. The zero-order valence-corrected chi connectivity index (χ0v) is 14.4. The van der Waals surface area contributed by atoms with E-state index in [1.165, 1.54) is 13.0 Å². The van der Waals surface area contributed by atoms with Gasteiger partial charge in [0.15, 0.2) is 17.7 Å². The van der Waals surface area contributed by atoms with Crippen LogP contribution in [0.5, 0.6) is 5.75 Å². The molecule has 0 aliphatic heterocycles. The second kappa shape index (κ2) is 7.53. The molecule has 0 spiro atoms. The van der Waals surface area contributed by atoms with Gasteiger partial charge in [-0.15, -0.1) is 0 Å². The largest absolute Gasteiger partial charge is 0.481 e. The zero-order chi connectivity index (χ0) is 18.7. The summed E-state index contributed by atoms with van der Waals surface area (Å²) in [7, 11) is 0.